The maximum Gasteiger partial charge on any atom is 0.198 e. The molecule has 0 amide bonds. The smallest absolute Gasteiger partial charge is 0.198 e. The van der Waals surface area contributed by atoms with Crippen molar-refractivity contribution in [2.45, 2.75) is 26.2 Å². The molecule has 0 saturated heterocycles. The molecule has 2 nitrogen and oxygen atoms in total. The number of hydrogen-bond acceptors (Lipinski definition) is 2. The predicted octanol–water partition coefficient (Wildman–Crippen LogP) is 7.74. The largest absolute Gasteiger partial charge is 0.236 e. The molecule has 4 aromatic carbocycles. The SMILES string of the molecule is CC(C)(C)c1cc(-c2ncnc3c(F)c4c(F)c(F)c(F)c(F)c4c(F)c23)cc2ccccc12. The van der Waals surface area contributed by atoms with Crippen molar-refractivity contribution in [1.82, 2.24) is 9.97 Å². The van der Waals surface area contributed by atoms with Gasteiger partial charge in [-0.15, -0.1) is 0 Å². The average Bonchev–Trinajstić information content (AvgIpc) is 2.81. The number of hydrogen-bond donors (Lipinski definition) is 0. The van der Waals surface area contributed by atoms with Gasteiger partial charge in [-0.1, -0.05) is 45.0 Å². The van der Waals surface area contributed by atoms with Crippen LogP contribution in [0.2, 0.25) is 0 Å². The fourth-order valence-electron chi connectivity index (χ4n) is 4.33. The van der Waals surface area contributed by atoms with Gasteiger partial charge in [-0.25, -0.2) is 36.3 Å². The van der Waals surface area contributed by atoms with Crippen LogP contribution in [-0.2, 0) is 5.41 Å². The second-order valence-electron chi connectivity index (χ2n) is 9.07. The first-order valence-corrected chi connectivity index (χ1v) is 10.3. The Morgan fingerprint density at radius 3 is 1.91 bits per heavy atom. The lowest BCUT2D eigenvalue weighted by Crippen LogP contribution is -2.12. The van der Waals surface area contributed by atoms with Crippen LogP contribution in [-0.4, -0.2) is 9.97 Å². The van der Waals surface area contributed by atoms with E-state index in [1.807, 2.05) is 45.0 Å². The molecule has 0 aliphatic heterocycles. The molecule has 0 spiro atoms. The number of nitrogens with zero attached hydrogens (tertiary/aromatic N) is 2. The maximum absolute atomic E-state index is 15.7. The molecule has 8 heteroatoms. The molecule has 1 heterocycles. The highest BCUT2D eigenvalue weighted by molar-refractivity contribution is 6.05. The number of aromatic nitrogens is 2. The molecule has 0 fully saturated rings. The molecule has 0 unspecified atom stereocenters. The Kier molecular flexibility index (Phi) is 4.83. The van der Waals surface area contributed by atoms with Gasteiger partial charge in [0.1, 0.15) is 17.7 Å². The van der Waals surface area contributed by atoms with Crippen molar-refractivity contribution < 1.29 is 26.3 Å². The van der Waals surface area contributed by atoms with E-state index in [0.29, 0.717) is 5.56 Å². The third kappa shape index (κ3) is 3.04. The maximum atomic E-state index is 15.7. The van der Waals surface area contributed by atoms with Crippen molar-refractivity contribution in [3.63, 3.8) is 0 Å². The second kappa shape index (κ2) is 7.41. The molecule has 0 saturated carbocycles. The highest BCUT2D eigenvalue weighted by Gasteiger charge is 2.30. The van der Waals surface area contributed by atoms with Gasteiger partial charge in [0, 0.05) is 5.56 Å². The van der Waals surface area contributed by atoms with Crippen molar-refractivity contribution in [3.8, 4) is 11.3 Å². The number of rotatable bonds is 1. The average molecular weight is 470 g/mol. The van der Waals surface area contributed by atoms with E-state index in [9.17, 15) is 17.6 Å². The summed E-state index contributed by atoms with van der Waals surface area (Å²) in [7, 11) is 0. The van der Waals surface area contributed by atoms with Crippen molar-refractivity contribution in [3.05, 3.63) is 83.2 Å². The topological polar surface area (TPSA) is 25.8 Å². The minimum Gasteiger partial charge on any atom is -0.236 e. The van der Waals surface area contributed by atoms with Gasteiger partial charge in [-0.2, -0.15) is 0 Å². The lowest BCUT2D eigenvalue weighted by atomic mass is 9.82. The zero-order valence-electron chi connectivity index (χ0n) is 18.2. The summed E-state index contributed by atoms with van der Waals surface area (Å²) in [4.78, 5) is 7.81. The Bertz CT molecular complexity index is 1650. The lowest BCUT2D eigenvalue weighted by Gasteiger charge is -2.23. The minimum absolute atomic E-state index is 0.0934. The van der Waals surface area contributed by atoms with Crippen LogP contribution >= 0.6 is 0 Å². The van der Waals surface area contributed by atoms with Crippen LogP contribution in [0.5, 0.6) is 0 Å². The summed E-state index contributed by atoms with van der Waals surface area (Å²) < 4.78 is 87.5. The molecule has 5 aromatic rings. The van der Waals surface area contributed by atoms with Gasteiger partial charge in [-0.05, 0) is 33.9 Å². The van der Waals surface area contributed by atoms with E-state index < -0.39 is 56.6 Å². The van der Waals surface area contributed by atoms with Gasteiger partial charge in [-0.3, -0.25) is 0 Å². The molecule has 0 bridgehead atoms. The molecule has 0 aliphatic carbocycles. The first-order chi connectivity index (χ1) is 16.0. The summed E-state index contributed by atoms with van der Waals surface area (Å²) in [6, 6.07) is 10.9. The third-order valence-electron chi connectivity index (χ3n) is 5.92. The summed E-state index contributed by atoms with van der Waals surface area (Å²) >= 11 is 0. The van der Waals surface area contributed by atoms with Crippen molar-refractivity contribution in [2.24, 2.45) is 0 Å². The molecule has 5 rings (SSSR count). The molecule has 0 radical (unpaired) electrons. The Morgan fingerprint density at radius 2 is 1.26 bits per heavy atom. The van der Waals surface area contributed by atoms with Crippen LogP contribution in [0.25, 0.3) is 43.7 Å². The summed E-state index contributed by atoms with van der Waals surface area (Å²) in [5.74, 6) is -11.5. The van der Waals surface area contributed by atoms with E-state index in [1.54, 1.807) is 12.1 Å². The van der Waals surface area contributed by atoms with Gasteiger partial charge < -0.3 is 0 Å². The number of benzene rings is 4. The summed E-state index contributed by atoms with van der Waals surface area (Å²) in [6.45, 7) is 5.96. The standard InChI is InChI=1S/C26H16F6N2/c1-26(2,3)14-9-12(8-11-6-4-5-7-13(11)14)24-17-18(27)15-16(21(30)25(17)34-10-33-24)20(29)23(32)22(31)19(15)28/h4-10H,1-3H3. The monoisotopic (exact) mass is 470 g/mol. The second-order valence-corrected chi connectivity index (χ2v) is 9.07. The Labute approximate surface area is 189 Å². The Hall–Kier alpha value is -3.68. The molecule has 34 heavy (non-hydrogen) atoms. The summed E-state index contributed by atoms with van der Waals surface area (Å²) in [5.41, 5.74) is 0.149. The molecule has 1 aromatic heterocycles. The minimum atomic E-state index is -2.23. The highest BCUT2D eigenvalue weighted by atomic mass is 19.2. The van der Waals surface area contributed by atoms with E-state index >= 15 is 8.78 Å². The van der Waals surface area contributed by atoms with Crippen LogP contribution < -0.4 is 0 Å². The van der Waals surface area contributed by atoms with Crippen molar-refractivity contribution in [1.29, 1.82) is 0 Å². The normalized spacial score (nSPS) is 12.3. The highest BCUT2D eigenvalue weighted by Crippen LogP contribution is 2.40. The summed E-state index contributed by atoms with van der Waals surface area (Å²) in [5, 5.41) is -1.51. The molecule has 172 valence electrons. The number of fused-ring (bicyclic) bond motifs is 3. The van der Waals surface area contributed by atoms with E-state index in [1.165, 1.54) is 0 Å². The third-order valence-corrected chi connectivity index (χ3v) is 5.92. The molecule has 0 N–H and O–H groups in total. The molecular weight excluding hydrogens is 454 g/mol. The zero-order chi connectivity index (χ0) is 24.5. The lowest BCUT2D eigenvalue weighted by molar-refractivity contribution is 0.415. The fourth-order valence-corrected chi connectivity index (χ4v) is 4.33. The summed E-state index contributed by atoms with van der Waals surface area (Å²) in [6.07, 6.45) is 0.951. The Balaban J connectivity index is 1.97. The van der Waals surface area contributed by atoms with Gasteiger partial charge >= 0.3 is 0 Å². The van der Waals surface area contributed by atoms with E-state index in [0.717, 1.165) is 22.7 Å². The van der Waals surface area contributed by atoms with Crippen molar-refractivity contribution in [2.75, 3.05) is 0 Å². The van der Waals surface area contributed by atoms with Crippen LogP contribution in [0.15, 0.2) is 42.7 Å². The van der Waals surface area contributed by atoms with Gasteiger partial charge in [0.2, 0.25) is 0 Å². The first kappa shape index (κ1) is 22.1. The number of halogens is 6. The molecule has 0 atom stereocenters. The molecule has 0 aliphatic rings. The Morgan fingerprint density at radius 1 is 0.647 bits per heavy atom. The van der Waals surface area contributed by atoms with E-state index in [4.69, 9.17) is 0 Å². The predicted molar refractivity (Wildman–Crippen MR) is 118 cm³/mol. The van der Waals surface area contributed by atoms with Gasteiger partial charge in [0.05, 0.1) is 21.9 Å². The van der Waals surface area contributed by atoms with E-state index in [2.05, 4.69) is 9.97 Å². The van der Waals surface area contributed by atoms with Gasteiger partial charge in [0.15, 0.2) is 29.1 Å². The first-order valence-electron chi connectivity index (χ1n) is 10.3. The van der Waals surface area contributed by atoms with Crippen LogP contribution in [0.1, 0.15) is 26.3 Å². The van der Waals surface area contributed by atoms with E-state index in [-0.39, 0.29) is 11.1 Å². The van der Waals surface area contributed by atoms with Crippen molar-refractivity contribution >= 4 is 32.4 Å². The zero-order valence-corrected chi connectivity index (χ0v) is 18.2. The molecular formula is C26H16F6N2. The van der Waals surface area contributed by atoms with Gasteiger partial charge in [0.25, 0.3) is 0 Å². The quantitative estimate of drug-likeness (QED) is 0.108. The van der Waals surface area contributed by atoms with Crippen LogP contribution in [0, 0.1) is 34.9 Å². The van der Waals surface area contributed by atoms with Crippen LogP contribution in [0.3, 0.4) is 0 Å². The van der Waals surface area contributed by atoms with Crippen LogP contribution in [0.4, 0.5) is 26.3 Å². The fraction of sp³-hybridized carbons (Fsp3) is 0.154.